The van der Waals surface area contributed by atoms with Crippen LogP contribution in [0.25, 0.3) is 32.7 Å². The van der Waals surface area contributed by atoms with Crippen molar-refractivity contribution in [2.24, 2.45) is 11.8 Å². The lowest BCUT2D eigenvalue weighted by Gasteiger charge is -2.34. The molecule has 0 bridgehead atoms. The number of aromatic amines is 1. The summed E-state index contributed by atoms with van der Waals surface area (Å²) in [5.74, 6) is -0.804. The third-order valence-corrected chi connectivity index (χ3v) is 14.1. The Morgan fingerprint density at radius 1 is 1.00 bits per heavy atom. The normalized spacial score (nSPS) is 20.4. The first kappa shape index (κ1) is 41.4. The first-order valence-corrected chi connectivity index (χ1v) is 22.5. The fourth-order valence-corrected chi connectivity index (χ4v) is 10.5. The zero-order valence-electron chi connectivity index (χ0n) is 35.4. The number of nitrogens with one attached hydrogen (secondary N) is 2. The number of nitrogens with zero attached hydrogens (tertiary/aromatic N) is 6. The van der Waals surface area contributed by atoms with Gasteiger partial charge in [0, 0.05) is 60.6 Å². The minimum Gasteiger partial charge on any atom is -0.507 e. The molecule has 14 nitrogen and oxygen atoms in total. The minimum atomic E-state index is -0.828. The van der Waals surface area contributed by atoms with E-state index in [4.69, 9.17) is 4.52 Å². The number of carbonyl (C=O) groups excluding carboxylic acids is 3. The number of fused-ring (bicyclic) bond motifs is 3. The molecular formula is C47H52N8O6S. The van der Waals surface area contributed by atoms with Crippen LogP contribution in [0.15, 0.2) is 70.7 Å². The molecule has 1 aliphatic carbocycles. The summed E-state index contributed by atoms with van der Waals surface area (Å²) < 4.78 is 5.91. The Morgan fingerprint density at radius 2 is 1.77 bits per heavy atom. The Balaban J connectivity index is 0.822. The van der Waals surface area contributed by atoms with E-state index in [-0.39, 0.29) is 60.2 Å². The van der Waals surface area contributed by atoms with Gasteiger partial charge in [0.25, 0.3) is 0 Å². The number of aryl methyl sites for hydroxylation is 2. The number of hydrogen-bond donors (Lipinski definition) is 4. The first-order chi connectivity index (χ1) is 29.9. The number of thiazole rings is 1. The summed E-state index contributed by atoms with van der Waals surface area (Å²) in [5, 5.41) is 38.4. The number of piperidine rings is 1. The Hall–Kier alpha value is -5.93. The Kier molecular flexibility index (Phi) is 11.4. The Bertz CT molecular complexity index is 2610. The number of phenolic OH excluding ortho intramolecular Hbond substituents is 1. The lowest BCUT2D eigenvalue weighted by molar-refractivity contribution is -0.141. The molecule has 0 saturated carbocycles. The lowest BCUT2D eigenvalue weighted by Crippen LogP contribution is -2.48. The lowest BCUT2D eigenvalue weighted by atomic mass is 9.84. The molecule has 3 amide bonds. The molecule has 2 aromatic carbocycles. The van der Waals surface area contributed by atoms with Crippen molar-refractivity contribution in [2.45, 2.75) is 96.2 Å². The van der Waals surface area contributed by atoms with Crippen molar-refractivity contribution in [3.05, 3.63) is 100 Å². The predicted octanol–water partition coefficient (Wildman–Crippen LogP) is 6.84. The molecule has 15 heteroatoms. The largest absolute Gasteiger partial charge is 0.507 e. The van der Waals surface area contributed by atoms with Gasteiger partial charge in [-0.3, -0.25) is 14.4 Å². The summed E-state index contributed by atoms with van der Waals surface area (Å²) in [6.07, 6.45) is 2.85. The fourth-order valence-electron chi connectivity index (χ4n) is 9.65. The number of hydrogen-bond acceptors (Lipinski definition) is 11. The number of para-hydroxylation sites is 1. The van der Waals surface area contributed by atoms with Crippen LogP contribution < -0.4 is 5.32 Å². The van der Waals surface area contributed by atoms with Crippen LogP contribution in [-0.2, 0) is 27.2 Å². The van der Waals surface area contributed by atoms with E-state index >= 15 is 0 Å². The second-order valence-corrected chi connectivity index (χ2v) is 18.4. The predicted molar refractivity (Wildman–Crippen MR) is 234 cm³/mol. The third kappa shape index (κ3) is 7.99. The number of rotatable bonds is 10. The highest BCUT2D eigenvalue weighted by Gasteiger charge is 2.44. The molecule has 0 unspecified atom stereocenters. The molecular weight excluding hydrogens is 805 g/mol. The summed E-state index contributed by atoms with van der Waals surface area (Å²) in [7, 11) is 0. The van der Waals surface area contributed by atoms with Gasteiger partial charge in [-0.1, -0.05) is 55.4 Å². The number of carbonyl (C=O) groups is 3. The van der Waals surface area contributed by atoms with Crippen LogP contribution in [0.1, 0.15) is 98.3 Å². The van der Waals surface area contributed by atoms with Gasteiger partial charge >= 0.3 is 0 Å². The number of phenols is 1. The average Bonchev–Trinajstić information content (AvgIpc) is 4.09. The van der Waals surface area contributed by atoms with E-state index in [1.165, 1.54) is 4.90 Å². The van der Waals surface area contributed by atoms with Gasteiger partial charge in [0.05, 0.1) is 39.6 Å². The smallest absolute Gasteiger partial charge is 0.243 e. The van der Waals surface area contributed by atoms with Crippen molar-refractivity contribution in [3.8, 4) is 27.4 Å². The van der Waals surface area contributed by atoms with E-state index < -0.39 is 18.1 Å². The SMILES string of the molecule is Cc1ncsc1-c1ccc([C@H](C)NC(=O)[C@@H]2C[C@@H](O)CN2C(=O)[C@@H](c2cc(C3CCN(C(=O)[C@H]4CCc5[nH]c6nnc(-c7ccccc7O)cc6c5C4)CC3)no2)C(C)C)cc1. The molecule has 5 atom stereocenters. The second kappa shape index (κ2) is 17.1. The standard InChI is InChI=1S/C47H52N8O6S/c1-25(2)42(47(60)55-23-32(56)20-39(55)45(58)49-26(3)28-9-11-30(12-10-28)43-27(4)48-24-62-43)41-22-37(53-61-41)29-15-17-54(18-16-29)46(59)31-13-14-36-34(19-31)35-21-38(51-52-44(35)50-36)33-7-5-6-8-40(33)57/h5-12,21-22,24-26,29,31-32,39,42,56-57H,13-20,23H2,1-4H3,(H,49,58)(H,50,52)/t26-,31-,32+,39-,42+/m0/s1. The molecule has 4 aromatic heterocycles. The van der Waals surface area contributed by atoms with Gasteiger partial charge in [0.2, 0.25) is 17.7 Å². The maximum Gasteiger partial charge on any atom is 0.243 e. The quantitative estimate of drug-likeness (QED) is 0.114. The molecule has 0 spiro atoms. The Morgan fingerprint density at radius 3 is 2.50 bits per heavy atom. The van der Waals surface area contributed by atoms with E-state index in [0.29, 0.717) is 42.2 Å². The molecule has 6 heterocycles. The number of aromatic hydroxyl groups is 1. The average molecular weight is 857 g/mol. The summed E-state index contributed by atoms with van der Waals surface area (Å²) in [4.78, 5) is 54.4. The monoisotopic (exact) mass is 856 g/mol. The maximum atomic E-state index is 14.3. The van der Waals surface area contributed by atoms with E-state index in [0.717, 1.165) is 69.7 Å². The highest BCUT2D eigenvalue weighted by molar-refractivity contribution is 7.13. The fraction of sp³-hybridized carbons (Fsp3) is 0.426. The number of aromatic nitrogens is 5. The summed E-state index contributed by atoms with van der Waals surface area (Å²) in [6.45, 7) is 9.03. The highest BCUT2D eigenvalue weighted by atomic mass is 32.1. The van der Waals surface area contributed by atoms with Crippen LogP contribution in [0.5, 0.6) is 5.75 Å². The van der Waals surface area contributed by atoms with Gasteiger partial charge in [0.1, 0.15) is 23.5 Å². The van der Waals surface area contributed by atoms with Gasteiger partial charge in [-0.05, 0) is 86.8 Å². The third-order valence-electron chi connectivity index (χ3n) is 13.1. The van der Waals surface area contributed by atoms with Crippen LogP contribution in [0.4, 0.5) is 0 Å². The first-order valence-electron chi connectivity index (χ1n) is 21.6. The number of likely N-dealkylation sites (tertiary alicyclic amines) is 2. The van der Waals surface area contributed by atoms with Gasteiger partial charge in [-0.2, -0.15) is 0 Å². The Labute approximate surface area is 363 Å². The molecule has 3 aliphatic rings. The molecule has 62 heavy (non-hydrogen) atoms. The van der Waals surface area contributed by atoms with E-state index in [2.05, 4.69) is 30.6 Å². The molecule has 0 radical (unpaired) electrons. The van der Waals surface area contributed by atoms with Crippen molar-refractivity contribution in [2.75, 3.05) is 19.6 Å². The van der Waals surface area contributed by atoms with Gasteiger partial charge in [-0.25, -0.2) is 4.98 Å². The van der Waals surface area contributed by atoms with Crippen LogP contribution in [-0.4, -0.2) is 94.8 Å². The van der Waals surface area contributed by atoms with Crippen molar-refractivity contribution < 1.29 is 29.1 Å². The maximum absolute atomic E-state index is 14.3. The molecule has 322 valence electrons. The summed E-state index contributed by atoms with van der Waals surface area (Å²) >= 11 is 1.59. The van der Waals surface area contributed by atoms with Crippen molar-refractivity contribution in [1.82, 2.24) is 40.4 Å². The van der Waals surface area contributed by atoms with E-state index in [1.54, 1.807) is 23.5 Å². The van der Waals surface area contributed by atoms with E-state index in [1.807, 2.05) is 86.6 Å². The van der Waals surface area contributed by atoms with Crippen molar-refractivity contribution in [3.63, 3.8) is 0 Å². The zero-order valence-corrected chi connectivity index (χ0v) is 36.2. The topological polar surface area (TPSA) is 191 Å². The molecule has 6 aromatic rings. The molecule has 2 fully saturated rings. The number of aliphatic hydroxyl groups excluding tert-OH is 1. The van der Waals surface area contributed by atoms with Crippen LogP contribution in [0, 0.1) is 18.8 Å². The van der Waals surface area contributed by atoms with Crippen LogP contribution >= 0.6 is 11.3 Å². The van der Waals surface area contributed by atoms with Crippen molar-refractivity contribution in [1.29, 1.82) is 0 Å². The number of aliphatic hydroxyl groups is 1. The summed E-state index contributed by atoms with van der Waals surface area (Å²) in [5.41, 5.74) is 9.62. The van der Waals surface area contributed by atoms with Crippen LogP contribution in [0.3, 0.4) is 0 Å². The number of amides is 3. The van der Waals surface area contributed by atoms with E-state index in [9.17, 15) is 24.6 Å². The van der Waals surface area contributed by atoms with Gasteiger partial charge in [0.15, 0.2) is 5.65 Å². The molecule has 2 aliphatic heterocycles. The molecule has 4 N–H and O–H groups in total. The molecule has 9 rings (SSSR count). The highest BCUT2D eigenvalue weighted by Crippen LogP contribution is 2.38. The summed E-state index contributed by atoms with van der Waals surface area (Å²) in [6, 6.07) is 17.8. The second-order valence-electron chi connectivity index (χ2n) is 17.5. The van der Waals surface area contributed by atoms with Gasteiger partial charge < -0.3 is 34.8 Å². The zero-order chi connectivity index (χ0) is 43.2. The van der Waals surface area contributed by atoms with Gasteiger partial charge in [-0.15, -0.1) is 21.5 Å². The number of H-pyrrole nitrogens is 1. The molecule has 2 saturated heterocycles. The van der Waals surface area contributed by atoms with Crippen LogP contribution in [0.2, 0.25) is 0 Å². The minimum absolute atomic E-state index is 0.0564. The van der Waals surface area contributed by atoms with Crippen molar-refractivity contribution >= 4 is 40.1 Å². The number of β-amino-alcohol motifs (C(OH)–C–C–N with tert-alkyl or cyclic N) is 1. The number of benzene rings is 2.